The predicted octanol–water partition coefficient (Wildman–Crippen LogP) is 5.54. The maximum absolute atomic E-state index is 12.2. The number of rotatable bonds is 2. The van der Waals surface area contributed by atoms with E-state index in [1.165, 1.54) is 11.8 Å². The number of pyridine rings is 1. The number of amidine groups is 1. The number of fused-ring (bicyclic) bond motifs is 1. The van der Waals surface area contributed by atoms with Crippen LogP contribution in [0.3, 0.4) is 0 Å². The lowest BCUT2D eigenvalue weighted by molar-refractivity contribution is -0.115. The number of nitrogens with zero attached hydrogens (tertiary/aromatic N) is 2. The number of benzene rings is 2. The van der Waals surface area contributed by atoms with Crippen LogP contribution >= 0.6 is 39.3 Å². The normalized spacial score (nSPS) is 17.2. The summed E-state index contributed by atoms with van der Waals surface area (Å²) >= 11 is 10.7. The van der Waals surface area contributed by atoms with Gasteiger partial charge in [-0.2, -0.15) is 0 Å². The number of carbonyl (C=O) groups is 1. The number of carbonyl (C=O) groups excluding carboxylic acids is 1. The lowest BCUT2D eigenvalue weighted by atomic mass is 10.2. The number of aliphatic imine (C=N–C) groups is 1. The fraction of sp³-hybridized carbons (Fsp3) is 0. The van der Waals surface area contributed by atoms with E-state index in [1.54, 1.807) is 18.3 Å². The summed E-state index contributed by atoms with van der Waals surface area (Å²) in [5.41, 5.74) is 2.39. The minimum absolute atomic E-state index is 0.168. The summed E-state index contributed by atoms with van der Waals surface area (Å²) in [4.78, 5) is 21.8. The first-order valence-corrected chi connectivity index (χ1v) is 9.67. The lowest BCUT2D eigenvalue weighted by Gasteiger charge is -2.03. The third-order valence-corrected chi connectivity index (χ3v) is 5.59. The average molecular weight is 445 g/mol. The number of aromatic nitrogens is 1. The molecule has 1 fully saturated rings. The second-order valence-corrected chi connectivity index (χ2v) is 7.82. The van der Waals surface area contributed by atoms with Gasteiger partial charge in [-0.1, -0.05) is 45.7 Å². The van der Waals surface area contributed by atoms with Gasteiger partial charge in [-0.15, -0.1) is 0 Å². The highest BCUT2D eigenvalue weighted by molar-refractivity contribution is 9.10. The van der Waals surface area contributed by atoms with Crippen molar-refractivity contribution in [3.63, 3.8) is 0 Å². The van der Waals surface area contributed by atoms with Crippen molar-refractivity contribution in [1.29, 1.82) is 0 Å². The Hall–Kier alpha value is -2.15. The lowest BCUT2D eigenvalue weighted by Crippen LogP contribution is -2.19. The zero-order valence-corrected chi connectivity index (χ0v) is 16.4. The molecular weight excluding hydrogens is 434 g/mol. The third kappa shape index (κ3) is 3.53. The van der Waals surface area contributed by atoms with Crippen LogP contribution in [0, 0.1) is 0 Å². The van der Waals surface area contributed by atoms with Crippen molar-refractivity contribution in [3.05, 3.63) is 74.7 Å². The molecule has 0 spiro atoms. The molecule has 0 saturated carbocycles. The average Bonchev–Trinajstić information content (AvgIpc) is 2.99. The van der Waals surface area contributed by atoms with Crippen LogP contribution in [-0.2, 0) is 4.79 Å². The van der Waals surface area contributed by atoms with Crippen molar-refractivity contribution in [2.75, 3.05) is 0 Å². The molecule has 2 heterocycles. The van der Waals surface area contributed by atoms with Crippen LogP contribution < -0.4 is 5.32 Å². The van der Waals surface area contributed by atoms with Crippen molar-refractivity contribution in [2.45, 2.75) is 0 Å². The Morgan fingerprint density at radius 3 is 2.77 bits per heavy atom. The van der Waals surface area contributed by atoms with E-state index in [0.29, 0.717) is 20.8 Å². The third-order valence-electron chi connectivity index (χ3n) is 3.74. The second kappa shape index (κ2) is 7.23. The van der Waals surface area contributed by atoms with Crippen LogP contribution in [0.5, 0.6) is 0 Å². The van der Waals surface area contributed by atoms with Crippen molar-refractivity contribution in [2.24, 2.45) is 4.99 Å². The zero-order chi connectivity index (χ0) is 18.1. The molecule has 0 aliphatic carbocycles. The Labute approximate surface area is 167 Å². The molecule has 4 nitrogen and oxygen atoms in total. The van der Waals surface area contributed by atoms with E-state index in [2.05, 4.69) is 31.2 Å². The largest absolute Gasteiger partial charge is 0.300 e. The molecule has 0 unspecified atom stereocenters. The highest BCUT2D eigenvalue weighted by atomic mass is 79.9. The maximum atomic E-state index is 12.2. The maximum Gasteiger partial charge on any atom is 0.264 e. The Bertz CT molecular complexity index is 1080. The molecule has 2 aromatic carbocycles. The van der Waals surface area contributed by atoms with Crippen molar-refractivity contribution in [3.8, 4) is 0 Å². The smallest absolute Gasteiger partial charge is 0.264 e. The summed E-state index contributed by atoms with van der Waals surface area (Å²) in [5.74, 6) is -0.168. The SMILES string of the molecule is O=C1NC(=Nc2ccc(Br)c3cccnc23)S/C1=C\c1ccc(Cl)cc1. The molecule has 0 atom stereocenters. The molecule has 3 aromatic rings. The van der Waals surface area contributed by atoms with Crippen molar-refractivity contribution < 1.29 is 4.79 Å². The second-order valence-electron chi connectivity index (χ2n) is 5.50. The number of hydrogen-bond donors (Lipinski definition) is 1. The zero-order valence-electron chi connectivity index (χ0n) is 13.2. The quantitative estimate of drug-likeness (QED) is 0.528. The van der Waals surface area contributed by atoms with E-state index >= 15 is 0 Å². The summed E-state index contributed by atoms with van der Waals surface area (Å²) < 4.78 is 0.955. The van der Waals surface area contributed by atoms with E-state index in [1.807, 2.05) is 42.5 Å². The molecular formula is C19H11BrClN3OS. The van der Waals surface area contributed by atoms with Crippen LogP contribution in [-0.4, -0.2) is 16.1 Å². The standard InChI is InChI=1S/C19H11BrClN3OS/c20-14-7-8-15(17-13(14)2-1-9-22-17)23-19-24-18(25)16(26-19)10-11-3-5-12(21)6-4-11/h1-10H,(H,23,24,25)/b16-10-. The van der Waals surface area contributed by atoms with Crippen molar-refractivity contribution >= 4 is 73.0 Å². The van der Waals surface area contributed by atoms with Crippen molar-refractivity contribution in [1.82, 2.24) is 10.3 Å². The summed E-state index contributed by atoms with van der Waals surface area (Å²) in [7, 11) is 0. The molecule has 4 rings (SSSR count). The summed E-state index contributed by atoms with van der Waals surface area (Å²) in [5, 5.41) is 4.97. The number of hydrogen-bond acceptors (Lipinski definition) is 4. The fourth-order valence-electron chi connectivity index (χ4n) is 2.51. The Morgan fingerprint density at radius 1 is 1.15 bits per heavy atom. The van der Waals surface area contributed by atoms with Gasteiger partial charge in [0.05, 0.1) is 16.1 Å². The van der Waals surface area contributed by atoms with Gasteiger partial charge in [0.15, 0.2) is 5.17 Å². The first kappa shape index (κ1) is 17.3. The molecule has 128 valence electrons. The minimum atomic E-state index is -0.168. The van der Waals surface area contributed by atoms with Gasteiger partial charge < -0.3 is 5.32 Å². The number of nitrogens with one attached hydrogen (secondary N) is 1. The minimum Gasteiger partial charge on any atom is -0.300 e. The van der Waals surface area contributed by atoms with Gasteiger partial charge in [-0.3, -0.25) is 9.78 Å². The van der Waals surface area contributed by atoms with E-state index in [4.69, 9.17) is 11.6 Å². The van der Waals surface area contributed by atoms with Crippen LogP contribution in [0.4, 0.5) is 5.69 Å². The highest BCUT2D eigenvalue weighted by Crippen LogP contribution is 2.33. The summed E-state index contributed by atoms with van der Waals surface area (Å²) in [6.07, 6.45) is 3.54. The molecule has 26 heavy (non-hydrogen) atoms. The van der Waals surface area contributed by atoms with Gasteiger partial charge in [0, 0.05) is 21.1 Å². The molecule has 0 radical (unpaired) electrons. The molecule has 1 amide bonds. The molecule has 1 aliphatic heterocycles. The molecule has 1 N–H and O–H groups in total. The summed E-state index contributed by atoms with van der Waals surface area (Å²) in [6, 6.07) is 15.0. The van der Waals surface area contributed by atoms with Gasteiger partial charge in [-0.25, -0.2) is 4.99 Å². The van der Waals surface area contributed by atoms with Gasteiger partial charge >= 0.3 is 0 Å². The van der Waals surface area contributed by atoms with E-state index in [0.717, 1.165) is 20.9 Å². The van der Waals surface area contributed by atoms with Crippen LogP contribution in [0.2, 0.25) is 5.02 Å². The number of halogens is 2. The molecule has 7 heteroatoms. The predicted molar refractivity (Wildman–Crippen MR) is 112 cm³/mol. The molecule has 0 bridgehead atoms. The Morgan fingerprint density at radius 2 is 1.96 bits per heavy atom. The first-order chi connectivity index (χ1) is 12.6. The van der Waals surface area contributed by atoms with Gasteiger partial charge in [0.25, 0.3) is 5.91 Å². The highest BCUT2D eigenvalue weighted by Gasteiger charge is 2.24. The van der Waals surface area contributed by atoms with E-state index in [-0.39, 0.29) is 5.91 Å². The monoisotopic (exact) mass is 443 g/mol. The van der Waals surface area contributed by atoms with E-state index in [9.17, 15) is 4.79 Å². The number of amides is 1. The van der Waals surface area contributed by atoms with Crippen LogP contribution in [0.15, 0.2) is 69.1 Å². The first-order valence-electron chi connectivity index (χ1n) is 7.68. The topological polar surface area (TPSA) is 54.4 Å². The van der Waals surface area contributed by atoms with Crippen LogP contribution in [0.1, 0.15) is 5.56 Å². The Kier molecular flexibility index (Phi) is 4.80. The molecule has 1 aliphatic rings. The Balaban J connectivity index is 1.67. The van der Waals surface area contributed by atoms with Gasteiger partial charge in [-0.05, 0) is 53.7 Å². The summed E-state index contributed by atoms with van der Waals surface area (Å²) in [6.45, 7) is 0. The van der Waals surface area contributed by atoms with Gasteiger partial charge in [0.1, 0.15) is 0 Å². The van der Waals surface area contributed by atoms with E-state index < -0.39 is 0 Å². The van der Waals surface area contributed by atoms with Gasteiger partial charge in [0.2, 0.25) is 0 Å². The molecule has 1 aromatic heterocycles. The number of thioether (sulfide) groups is 1. The molecule has 1 saturated heterocycles. The van der Waals surface area contributed by atoms with Crippen LogP contribution in [0.25, 0.3) is 17.0 Å². The fourth-order valence-corrected chi connectivity index (χ4v) is 3.93.